The van der Waals surface area contributed by atoms with E-state index < -0.39 is 0 Å². The molecule has 24 heavy (non-hydrogen) atoms. The lowest BCUT2D eigenvalue weighted by Gasteiger charge is -2.19. The molecule has 0 bridgehead atoms. The first-order valence-electron chi connectivity index (χ1n) is 8.82. The molecule has 1 fully saturated rings. The van der Waals surface area contributed by atoms with Crippen LogP contribution in [0, 0.1) is 0 Å². The Labute approximate surface area is 141 Å². The van der Waals surface area contributed by atoms with Crippen molar-refractivity contribution in [2.24, 2.45) is 0 Å². The fraction of sp³-hybridized carbons (Fsp3) is 0.474. The molecule has 3 aromatic rings. The van der Waals surface area contributed by atoms with Crippen molar-refractivity contribution in [1.29, 1.82) is 0 Å². The molecule has 0 amide bonds. The summed E-state index contributed by atoms with van der Waals surface area (Å²) in [7, 11) is 0. The maximum atomic E-state index is 5.99. The highest BCUT2D eigenvalue weighted by Gasteiger charge is 2.20. The summed E-state index contributed by atoms with van der Waals surface area (Å²) in [4.78, 5) is 6.94. The summed E-state index contributed by atoms with van der Waals surface area (Å²) < 4.78 is 11.2. The summed E-state index contributed by atoms with van der Waals surface area (Å²) in [5, 5.41) is 5.14. The van der Waals surface area contributed by atoms with E-state index in [0.717, 1.165) is 41.7 Å². The Morgan fingerprint density at radius 2 is 2.21 bits per heavy atom. The van der Waals surface area contributed by atoms with Crippen molar-refractivity contribution in [3.63, 3.8) is 0 Å². The van der Waals surface area contributed by atoms with Gasteiger partial charge in [0, 0.05) is 36.4 Å². The van der Waals surface area contributed by atoms with Gasteiger partial charge < -0.3 is 13.8 Å². The average Bonchev–Trinajstić information content (AvgIpc) is 3.31. The minimum atomic E-state index is 0.641. The van der Waals surface area contributed by atoms with E-state index in [1.165, 1.54) is 19.4 Å². The van der Waals surface area contributed by atoms with Crippen LogP contribution in [0.5, 0.6) is 0 Å². The Bertz CT molecular complexity index is 836. The molecule has 126 valence electrons. The van der Waals surface area contributed by atoms with Gasteiger partial charge in [-0.25, -0.2) is 0 Å². The van der Waals surface area contributed by atoms with Gasteiger partial charge in [0.05, 0.1) is 0 Å². The van der Waals surface area contributed by atoms with Crippen molar-refractivity contribution in [3.05, 3.63) is 35.9 Å². The number of benzene rings is 1. The van der Waals surface area contributed by atoms with Crippen LogP contribution in [-0.4, -0.2) is 34.2 Å². The minimum Gasteiger partial charge on any atom is -0.461 e. The van der Waals surface area contributed by atoms with Gasteiger partial charge in [-0.15, -0.1) is 0 Å². The Kier molecular flexibility index (Phi) is 4.10. The first kappa shape index (κ1) is 15.4. The largest absolute Gasteiger partial charge is 0.461 e. The second kappa shape index (κ2) is 6.40. The molecule has 3 heterocycles. The monoisotopic (exact) mass is 325 g/mol. The molecule has 5 heteroatoms. The SMILES string of the molecule is CCc1nc(-c2ccc3oc(CCN4CCC[C@H]4C)cc3c2)no1. The molecule has 0 spiro atoms. The Morgan fingerprint density at radius 1 is 1.29 bits per heavy atom. The third-order valence-electron chi connectivity index (χ3n) is 4.93. The van der Waals surface area contributed by atoms with E-state index in [1.807, 2.05) is 19.1 Å². The van der Waals surface area contributed by atoms with E-state index in [4.69, 9.17) is 8.94 Å². The molecular weight excluding hydrogens is 302 g/mol. The maximum Gasteiger partial charge on any atom is 0.226 e. The van der Waals surface area contributed by atoms with Crippen LogP contribution in [0.25, 0.3) is 22.4 Å². The highest BCUT2D eigenvalue weighted by molar-refractivity contribution is 5.82. The molecule has 4 rings (SSSR count). The zero-order valence-corrected chi connectivity index (χ0v) is 14.3. The van der Waals surface area contributed by atoms with Gasteiger partial charge in [0.25, 0.3) is 0 Å². The molecule has 5 nitrogen and oxygen atoms in total. The van der Waals surface area contributed by atoms with Crippen LogP contribution in [-0.2, 0) is 12.8 Å². The highest BCUT2D eigenvalue weighted by Crippen LogP contribution is 2.26. The average molecular weight is 325 g/mol. The topological polar surface area (TPSA) is 55.3 Å². The first-order valence-corrected chi connectivity index (χ1v) is 8.82. The Balaban J connectivity index is 1.52. The van der Waals surface area contributed by atoms with Crippen LogP contribution in [0.3, 0.4) is 0 Å². The third kappa shape index (κ3) is 2.96. The van der Waals surface area contributed by atoms with Crippen molar-refractivity contribution in [1.82, 2.24) is 15.0 Å². The van der Waals surface area contributed by atoms with Gasteiger partial charge in [-0.2, -0.15) is 4.98 Å². The van der Waals surface area contributed by atoms with E-state index in [9.17, 15) is 0 Å². The van der Waals surface area contributed by atoms with E-state index in [2.05, 4.69) is 34.1 Å². The number of hydrogen-bond acceptors (Lipinski definition) is 5. The fourth-order valence-electron chi connectivity index (χ4n) is 3.46. The van der Waals surface area contributed by atoms with Crippen LogP contribution >= 0.6 is 0 Å². The molecule has 0 unspecified atom stereocenters. The molecule has 0 saturated carbocycles. The molecule has 0 radical (unpaired) electrons. The van der Waals surface area contributed by atoms with Gasteiger partial charge in [0.1, 0.15) is 11.3 Å². The zero-order valence-electron chi connectivity index (χ0n) is 14.3. The molecule has 1 saturated heterocycles. The number of fused-ring (bicyclic) bond motifs is 1. The number of aromatic nitrogens is 2. The summed E-state index contributed by atoms with van der Waals surface area (Å²) in [6.45, 7) is 6.60. The predicted molar refractivity (Wildman–Crippen MR) is 92.9 cm³/mol. The number of likely N-dealkylation sites (tertiary alicyclic amines) is 1. The van der Waals surface area contributed by atoms with E-state index in [-0.39, 0.29) is 0 Å². The summed E-state index contributed by atoms with van der Waals surface area (Å²) in [5.74, 6) is 2.35. The van der Waals surface area contributed by atoms with Crippen LogP contribution in [0.4, 0.5) is 0 Å². The molecule has 1 aliphatic rings. The maximum absolute atomic E-state index is 5.99. The van der Waals surface area contributed by atoms with Crippen molar-refractivity contribution in [3.8, 4) is 11.4 Å². The Hall–Kier alpha value is -2.14. The fourth-order valence-corrected chi connectivity index (χ4v) is 3.46. The van der Waals surface area contributed by atoms with Crippen LogP contribution in [0.15, 0.2) is 33.2 Å². The van der Waals surface area contributed by atoms with Gasteiger partial charge in [-0.1, -0.05) is 12.1 Å². The second-order valence-corrected chi connectivity index (χ2v) is 6.61. The third-order valence-corrected chi connectivity index (χ3v) is 4.93. The van der Waals surface area contributed by atoms with Crippen LogP contribution in [0.2, 0.25) is 0 Å². The van der Waals surface area contributed by atoms with E-state index in [1.54, 1.807) is 0 Å². The van der Waals surface area contributed by atoms with Crippen LogP contribution < -0.4 is 0 Å². The zero-order chi connectivity index (χ0) is 16.5. The predicted octanol–water partition coefficient (Wildman–Crippen LogP) is 4.07. The summed E-state index contributed by atoms with van der Waals surface area (Å²) in [6.07, 6.45) is 4.33. The standard InChI is InChI=1S/C19H23N3O2/c1-3-18-20-19(21-24-18)14-6-7-17-15(11-14)12-16(23-17)8-10-22-9-4-5-13(22)2/h6-7,11-13H,3-5,8-10H2,1-2H3/t13-/m1/s1. The van der Waals surface area contributed by atoms with Crippen molar-refractivity contribution in [2.45, 2.75) is 45.6 Å². The smallest absolute Gasteiger partial charge is 0.226 e. The van der Waals surface area contributed by atoms with Gasteiger partial charge in [-0.05, 0) is 50.6 Å². The Morgan fingerprint density at radius 3 is 2.96 bits per heavy atom. The second-order valence-electron chi connectivity index (χ2n) is 6.61. The summed E-state index contributed by atoms with van der Waals surface area (Å²) in [5.41, 5.74) is 1.88. The molecule has 1 aliphatic heterocycles. The van der Waals surface area contributed by atoms with Gasteiger partial charge in [0.2, 0.25) is 11.7 Å². The number of rotatable bonds is 5. The van der Waals surface area contributed by atoms with Gasteiger partial charge in [0.15, 0.2) is 0 Å². The van der Waals surface area contributed by atoms with Crippen molar-refractivity contribution < 1.29 is 8.94 Å². The van der Waals surface area contributed by atoms with E-state index in [0.29, 0.717) is 17.8 Å². The quantitative estimate of drug-likeness (QED) is 0.707. The van der Waals surface area contributed by atoms with Crippen molar-refractivity contribution >= 4 is 11.0 Å². The van der Waals surface area contributed by atoms with Crippen molar-refractivity contribution in [2.75, 3.05) is 13.1 Å². The van der Waals surface area contributed by atoms with E-state index >= 15 is 0 Å². The molecule has 1 aromatic carbocycles. The normalized spacial score (nSPS) is 18.7. The molecule has 1 atom stereocenters. The number of furan rings is 1. The lowest BCUT2D eigenvalue weighted by Crippen LogP contribution is -2.28. The lowest BCUT2D eigenvalue weighted by atomic mass is 10.1. The van der Waals surface area contributed by atoms with Gasteiger partial charge in [-0.3, -0.25) is 0 Å². The first-order chi connectivity index (χ1) is 11.7. The minimum absolute atomic E-state index is 0.641. The number of nitrogens with zero attached hydrogens (tertiary/aromatic N) is 3. The highest BCUT2D eigenvalue weighted by atomic mass is 16.5. The summed E-state index contributed by atoms with van der Waals surface area (Å²) >= 11 is 0. The van der Waals surface area contributed by atoms with Crippen LogP contribution in [0.1, 0.15) is 38.3 Å². The molecule has 2 aromatic heterocycles. The molecule has 0 N–H and O–H groups in total. The molecular formula is C19H23N3O2. The molecule has 0 aliphatic carbocycles. The number of hydrogen-bond donors (Lipinski definition) is 0. The summed E-state index contributed by atoms with van der Waals surface area (Å²) in [6, 6.07) is 8.90. The number of aryl methyl sites for hydroxylation is 1. The lowest BCUT2D eigenvalue weighted by molar-refractivity contribution is 0.266. The van der Waals surface area contributed by atoms with Gasteiger partial charge >= 0.3 is 0 Å².